The van der Waals surface area contributed by atoms with Crippen LogP contribution in [0.4, 0.5) is 0 Å². The van der Waals surface area contributed by atoms with E-state index in [1.807, 2.05) is 23.1 Å². The molecule has 0 bridgehead atoms. The second-order valence-corrected chi connectivity index (χ2v) is 7.33. The Hall–Kier alpha value is -2.37. The average Bonchev–Trinajstić information content (AvgIpc) is 2.72. The lowest BCUT2D eigenvalue weighted by molar-refractivity contribution is 0.0630. The van der Waals surface area contributed by atoms with Gasteiger partial charge in [0.1, 0.15) is 5.75 Å². The summed E-state index contributed by atoms with van der Waals surface area (Å²) in [5.74, 6) is 0.714. The Balaban J connectivity index is 1.40. The number of ketones is 1. The number of amides is 1. The molecule has 0 N–H and O–H groups in total. The fraction of sp³-hybridized carbons (Fsp3) is 0.364. The lowest BCUT2D eigenvalue weighted by Crippen LogP contribution is -2.49. The number of Topliss-reactive ketones (excluding diaryl/α,β-unsaturated/α-hetero) is 1. The van der Waals surface area contributed by atoms with Gasteiger partial charge in [-0.3, -0.25) is 14.5 Å². The van der Waals surface area contributed by atoms with Gasteiger partial charge in [-0.2, -0.15) is 0 Å². The second kappa shape index (κ2) is 9.71. The number of nitrogens with zero attached hydrogens (tertiary/aromatic N) is 2. The Bertz CT molecular complexity index is 815. The predicted octanol–water partition coefficient (Wildman–Crippen LogP) is 3.77. The molecule has 1 fully saturated rings. The summed E-state index contributed by atoms with van der Waals surface area (Å²) in [5, 5.41) is 0.634. The van der Waals surface area contributed by atoms with Gasteiger partial charge in [0, 0.05) is 43.3 Å². The van der Waals surface area contributed by atoms with E-state index >= 15 is 0 Å². The van der Waals surface area contributed by atoms with Crippen molar-refractivity contribution in [1.82, 2.24) is 9.80 Å². The molecule has 6 heteroatoms. The van der Waals surface area contributed by atoms with Crippen molar-refractivity contribution >= 4 is 23.3 Å². The highest BCUT2D eigenvalue weighted by Gasteiger charge is 2.21. The van der Waals surface area contributed by atoms with Crippen molar-refractivity contribution in [2.24, 2.45) is 0 Å². The minimum atomic E-state index is 0.0112. The van der Waals surface area contributed by atoms with Gasteiger partial charge in [0.15, 0.2) is 5.78 Å². The lowest BCUT2D eigenvalue weighted by Gasteiger charge is -2.34. The maximum Gasteiger partial charge on any atom is 0.253 e. The van der Waals surface area contributed by atoms with E-state index in [1.54, 1.807) is 37.3 Å². The molecule has 28 heavy (non-hydrogen) atoms. The van der Waals surface area contributed by atoms with Gasteiger partial charge in [-0.1, -0.05) is 23.7 Å². The smallest absolute Gasteiger partial charge is 0.253 e. The van der Waals surface area contributed by atoms with Crippen LogP contribution in [0.25, 0.3) is 0 Å². The largest absolute Gasteiger partial charge is 0.493 e. The van der Waals surface area contributed by atoms with Crippen LogP contribution in [-0.4, -0.2) is 60.8 Å². The highest BCUT2D eigenvalue weighted by molar-refractivity contribution is 6.30. The van der Waals surface area contributed by atoms with E-state index in [2.05, 4.69) is 4.90 Å². The molecule has 3 rings (SSSR count). The first kappa shape index (κ1) is 20.4. The first-order chi connectivity index (χ1) is 13.5. The maximum absolute atomic E-state index is 12.5. The van der Waals surface area contributed by atoms with E-state index in [0.29, 0.717) is 28.5 Å². The second-order valence-electron chi connectivity index (χ2n) is 6.90. The number of hydrogen-bond donors (Lipinski definition) is 0. The number of halogens is 1. The average molecular weight is 401 g/mol. The molecule has 0 atom stereocenters. The minimum absolute atomic E-state index is 0.0112. The molecule has 1 amide bonds. The summed E-state index contributed by atoms with van der Waals surface area (Å²) in [6.07, 6.45) is 0.872. The maximum atomic E-state index is 12.5. The van der Waals surface area contributed by atoms with Gasteiger partial charge in [-0.25, -0.2) is 0 Å². The minimum Gasteiger partial charge on any atom is -0.493 e. The van der Waals surface area contributed by atoms with Gasteiger partial charge < -0.3 is 9.64 Å². The van der Waals surface area contributed by atoms with Crippen LogP contribution in [0.5, 0.6) is 5.75 Å². The summed E-state index contributed by atoms with van der Waals surface area (Å²) in [5.41, 5.74) is 1.30. The van der Waals surface area contributed by atoms with Crippen LogP contribution in [0.2, 0.25) is 5.02 Å². The first-order valence-corrected chi connectivity index (χ1v) is 9.92. The van der Waals surface area contributed by atoms with Gasteiger partial charge >= 0.3 is 0 Å². The van der Waals surface area contributed by atoms with Crippen molar-refractivity contribution in [3.63, 3.8) is 0 Å². The summed E-state index contributed by atoms with van der Waals surface area (Å²) < 4.78 is 5.79. The number of carbonyl (C=O) groups is 2. The van der Waals surface area contributed by atoms with Crippen molar-refractivity contribution in [2.75, 3.05) is 39.3 Å². The molecule has 5 nitrogen and oxygen atoms in total. The Morgan fingerprint density at radius 1 is 1.00 bits per heavy atom. The van der Waals surface area contributed by atoms with Crippen molar-refractivity contribution in [2.45, 2.75) is 13.3 Å². The number of para-hydroxylation sites is 1. The van der Waals surface area contributed by atoms with Crippen LogP contribution >= 0.6 is 11.6 Å². The number of benzene rings is 2. The van der Waals surface area contributed by atoms with Crippen molar-refractivity contribution < 1.29 is 14.3 Å². The van der Waals surface area contributed by atoms with Gasteiger partial charge in [0.2, 0.25) is 0 Å². The fourth-order valence-electron chi connectivity index (χ4n) is 3.30. The summed E-state index contributed by atoms with van der Waals surface area (Å²) in [7, 11) is 0. The Labute approximate surface area is 170 Å². The third-order valence-electron chi connectivity index (χ3n) is 4.89. The predicted molar refractivity (Wildman–Crippen MR) is 110 cm³/mol. The quantitative estimate of drug-likeness (QED) is 0.524. The Morgan fingerprint density at radius 2 is 1.68 bits per heavy atom. The van der Waals surface area contributed by atoms with E-state index in [-0.39, 0.29) is 11.7 Å². The SMILES string of the molecule is CC(=O)c1ccccc1OCCCN1CCN(C(=O)c2ccc(Cl)cc2)CC1. The van der Waals surface area contributed by atoms with Crippen molar-refractivity contribution in [3.8, 4) is 5.75 Å². The third kappa shape index (κ3) is 5.33. The molecule has 0 aliphatic carbocycles. The summed E-state index contributed by atoms with van der Waals surface area (Å²) in [4.78, 5) is 28.4. The van der Waals surface area contributed by atoms with Crippen LogP contribution in [0.1, 0.15) is 34.1 Å². The standard InChI is InChI=1S/C22H25ClN2O3/c1-17(26)20-5-2-3-6-21(20)28-16-4-11-24-12-14-25(15-13-24)22(27)18-7-9-19(23)10-8-18/h2-3,5-10H,4,11-16H2,1H3. The zero-order valence-electron chi connectivity index (χ0n) is 16.1. The molecule has 0 aromatic heterocycles. The highest BCUT2D eigenvalue weighted by atomic mass is 35.5. The number of rotatable bonds is 7. The number of ether oxygens (including phenoxy) is 1. The normalized spacial score (nSPS) is 14.7. The Morgan fingerprint density at radius 3 is 2.36 bits per heavy atom. The van der Waals surface area contributed by atoms with Crippen LogP contribution in [0, 0.1) is 0 Å². The zero-order chi connectivity index (χ0) is 19.9. The van der Waals surface area contributed by atoms with Gasteiger partial charge in [0.05, 0.1) is 12.2 Å². The zero-order valence-corrected chi connectivity index (χ0v) is 16.8. The Kier molecular flexibility index (Phi) is 7.06. The molecular weight excluding hydrogens is 376 g/mol. The van der Waals surface area contributed by atoms with Gasteiger partial charge in [-0.15, -0.1) is 0 Å². The number of piperazine rings is 1. The monoisotopic (exact) mass is 400 g/mol. The lowest BCUT2D eigenvalue weighted by atomic mass is 10.1. The molecule has 1 heterocycles. The molecule has 1 saturated heterocycles. The molecule has 148 valence electrons. The van der Waals surface area contributed by atoms with Crippen LogP contribution in [-0.2, 0) is 0 Å². The summed E-state index contributed by atoms with van der Waals surface area (Å²) >= 11 is 5.89. The highest BCUT2D eigenvalue weighted by Crippen LogP contribution is 2.18. The molecule has 1 aliphatic rings. The topological polar surface area (TPSA) is 49.9 Å². The molecule has 0 spiro atoms. The third-order valence-corrected chi connectivity index (χ3v) is 5.15. The molecule has 0 unspecified atom stereocenters. The van der Waals surface area contributed by atoms with Gasteiger partial charge in [0.25, 0.3) is 5.91 Å². The molecular formula is C22H25ClN2O3. The summed E-state index contributed by atoms with van der Waals surface area (Å²) in [6.45, 7) is 6.16. The van der Waals surface area contributed by atoms with Crippen molar-refractivity contribution in [1.29, 1.82) is 0 Å². The van der Waals surface area contributed by atoms with E-state index in [9.17, 15) is 9.59 Å². The molecule has 2 aromatic rings. The van der Waals surface area contributed by atoms with Crippen LogP contribution in [0.3, 0.4) is 0 Å². The van der Waals surface area contributed by atoms with E-state index < -0.39 is 0 Å². The fourth-order valence-corrected chi connectivity index (χ4v) is 3.43. The van der Waals surface area contributed by atoms with E-state index in [1.165, 1.54) is 0 Å². The summed E-state index contributed by atoms with van der Waals surface area (Å²) in [6, 6.07) is 14.4. The van der Waals surface area contributed by atoms with E-state index in [0.717, 1.165) is 39.1 Å². The number of carbonyl (C=O) groups excluding carboxylic acids is 2. The van der Waals surface area contributed by atoms with Crippen molar-refractivity contribution in [3.05, 3.63) is 64.7 Å². The molecule has 0 radical (unpaired) electrons. The first-order valence-electron chi connectivity index (χ1n) is 9.54. The number of hydrogen-bond acceptors (Lipinski definition) is 4. The van der Waals surface area contributed by atoms with Crippen LogP contribution < -0.4 is 4.74 Å². The molecule has 1 aliphatic heterocycles. The molecule has 0 saturated carbocycles. The van der Waals surface area contributed by atoms with E-state index in [4.69, 9.17) is 16.3 Å². The molecule has 2 aromatic carbocycles. The van der Waals surface area contributed by atoms with Gasteiger partial charge in [-0.05, 0) is 49.7 Å². The van der Waals surface area contributed by atoms with Crippen LogP contribution in [0.15, 0.2) is 48.5 Å².